The van der Waals surface area contributed by atoms with E-state index in [-0.39, 0.29) is 19.6 Å². The molecule has 0 atom stereocenters. The number of amides is 2. The van der Waals surface area contributed by atoms with Crippen LogP contribution in [-0.4, -0.2) is 51.9 Å². The Morgan fingerprint density at radius 2 is 1.68 bits per heavy atom. The van der Waals surface area contributed by atoms with Crippen molar-refractivity contribution in [1.29, 1.82) is 0 Å². The lowest BCUT2D eigenvalue weighted by Gasteiger charge is -2.19. The Morgan fingerprint density at radius 1 is 1.11 bits per heavy atom. The van der Waals surface area contributed by atoms with Gasteiger partial charge in [-0.1, -0.05) is 0 Å². The highest BCUT2D eigenvalue weighted by atomic mass is 32.2. The van der Waals surface area contributed by atoms with Gasteiger partial charge in [0.1, 0.15) is 5.60 Å². The van der Waals surface area contributed by atoms with Gasteiger partial charge in [-0.25, -0.2) is 17.9 Å². The number of hydrogen-bond donors (Lipinski definition) is 3. The van der Waals surface area contributed by atoms with Crippen LogP contribution in [0.25, 0.3) is 0 Å². The second-order valence-electron chi connectivity index (χ2n) is 4.87. The van der Waals surface area contributed by atoms with Crippen LogP contribution in [-0.2, 0) is 19.6 Å². The number of carbonyl (C=O) groups is 2. The molecule has 0 aliphatic rings. The van der Waals surface area contributed by atoms with Crippen LogP contribution in [0.3, 0.4) is 0 Å². The highest BCUT2D eigenvalue weighted by Gasteiger charge is 2.16. The molecule has 0 aromatic heterocycles. The first-order valence-electron chi connectivity index (χ1n) is 5.68. The topological polar surface area (TPSA) is 114 Å². The third-order valence-electron chi connectivity index (χ3n) is 1.60. The molecule has 0 fully saturated rings. The van der Waals surface area contributed by atoms with Crippen molar-refractivity contribution in [3.8, 4) is 0 Å². The number of nitrogens with one attached hydrogen (secondary N) is 3. The van der Waals surface area contributed by atoms with Gasteiger partial charge in [0.05, 0.1) is 12.8 Å². The number of alkyl carbamates (subject to hydrolysis) is 1. The minimum absolute atomic E-state index is 0.0943. The van der Waals surface area contributed by atoms with E-state index in [0.717, 1.165) is 6.26 Å². The van der Waals surface area contributed by atoms with Gasteiger partial charge in [-0.15, -0.1) is 0 Å². The van der Waals surface area contributed by atoms with Crippen molar-refractivity contribution < 1.29 is 22.7 Å². The average molecular weight is 295 g/mol. The van der Waals surface area contributed by atoms with E-state index in [2.05, 4.69) is 15.4 Å². The van der Waals surface area contributed by atoms with E-state index in [9.17, 15) is 18.0 Å². The standard InChI is InChI=1S/C10H21N3O5S/c1-10(2,3)18-9(15)12-7-8(14)11-5-6-13-19(4,16)17/h13H,5-7H2,1-4H3,(H,11,14)(H,12,15). The Hall–Kier alpha value is -1.35. The van der Waals surface area contributed by atoms with E-state index in [4.69, 9.17) is 4.74 Å². The summed E-state index contributed by atoms with van der Waals surface area (Å²) in [6.07, 6.45) is 0.343. The largest absolute Gasteiger partial charge is 0.444 e. The van der Waals surface area contributed by atoms with Crippen LogP contribution < -0.4 is 15.4 Å². The van der Waals surface area contributed by atoms with Gasteiger partial charge in [0.2, 0.25) is 15.9 Å². The van der Waals surface area contributed by atoms with Crippen molar-refractivity contribution in [2.45, 2.75) is 26.4 Å². The lowest BCUT2D eigenvalue weighted by Crippen LogP contribution is -2.41. The molecule has 0 aliphatic carbocycles. The highest BCUT2D eigenvalue weighted by molar-refractivity contribution is 7.88. The maximum absolute atomic E-state index is 11.3. The van der Waals surface area contributed by atoms with Crippen LogP contribution in [0.1, 0.15) is 20.8 Å². The molecule has 0 bridgehead atoms. The Morgan fingerprint density at radius 3 is 2.16 bits per heavy atom. The Bertz CT molecular complexity index is 413. The van der Waals surface area contributed by atoms with Gasteiger partial charge in [-0.2, -0.15) is 0 Å². The number of carbonyl (C=O) groups excluding carboxylic acids is 2. The summed E-state index contributed by atoms with van der Waals surface area (Å²) in [7, 11) is -3.26. The van der Waals surface area contributed by atoms with Crippen molar-refractivity contribution >= 4 is 22.0 Å². The van der Waals surface area contributed by atoms with Gasteiger partial charge in [0, 0.05) is 13.1 Å². The summed E-state index contributed by atoms with van der Waals surface area (Å²) >= 11 is 0. The van der Waals surface area contributed by atoms with Crippen molar-refractivity contribution in [3.63, 3.8) is 0 Å². The monoisotopic (exact) mass is 295 g/mol. The summed E-state index contributed by atoms with van der Waals surface area (Å²) in [6, 6.07) is 0. The van der Waals surface area contributed by atoms with Crippen LogP contribution in [0.2, 0.25) is 0 Å². The van der Waals surface area contributed by atoms with Crippen LogP contribution in [0.15, 0.2) is 0 Å². The zero-order valence-corrected chi connectivity index (χ0v) is 12.4. The fourth-order valence-electron chi connectivity index (χ4n) is 0.967. The van der Waals surface area contributed by atoms with E-state index in [1.807, 2.05) is 0 Å². The average Bonchev–Trinajstić information content (AvgIpc) is 2.17. The van der Waals surface area contributed by atoms with Gasteiger partial charge in [0.25, 0.3) is 0 Å². The maximum atomic E-state index is 11.3. The lowest BCUT2D eigenvalue weighted by molar-refractivity contribution is -0.120. The molecule has 112 valence electrons. The first-order chi connectivity index (χ1) is 8.49. The molecule has 0 spiro atoms. The fourth-order valence-corrected chi connectivity index (χ4v) is 1.44. The van der Waals surface area contributed by atoms with E-state index in [1.165, 1.54) is 0 Å². The first-order valence-corrected chi connectivity index (χ1v) is 7.57. The van der Waals surface area contributed by atoms with E-state index in [0.29, 0.717) is 0 Å². The molecule has 0 aromatic rings. The number of sulfonamides is 1. The van der Waals surface area contributed by atoms with Crippen LogP contribution >= 0.6 is 0 Å². The van der Waals surface area contributed by atoms with Crippen molar-refractivity contribution in [2.24, 2.45) is 0 Å². The fraction of sp³-hybridized carbons (Fsp3) is 0.800. The molecule has 3 N–H and O–H groups in total. The summed E-state index contributed by atoms with van der Waals surface area (Å²) in [5.41, 5.74) is -0.625. The minimum atomic E-state index is -3.26. The van der Waals surface area contributed by atoms with E-state index in [1.54, 1.807) is 20.8 Å². The Labute approximate surface area is 113 Å². The normalized spacial score (nSPS) is 11.8. The molecule has 0 aliphatic heterocycles. The van der Waals surface area contributed by atoms with Crippen molar-refractivity contribution in [2.75, 3.05) is 25.9 Å². The van der Waals surface area contributed by atoms with Gasteiger partial charge in [0.15, 0.2) is 0 Å². The van der Waals surface area contributed by atoms with E-state index >= 15 is 0 Å². The Balaban J connectivity index is 3.74. The lowest BCUT2D eigenvalue weighted by atomic mass is 10.2. The third kappa shape index (κ3) is 12.9. The summed E-state index contributed by atoms with van der Waals surface area (Å²) in [5, 5.41) is 4.72. The molecule has 0 saturated carbocycles. The maximum Gasteiger partial charge on any atom is 0.408 e. The van der Waals surface area contributed by atoms with Crippen LogP contribution in [0, 0.1) is 0 Å². The molecule has 0 saturated heterocycles. The van der Waals surface area contributed by atoms with Gasteiger partial charge >= 0.3 is 6.09 Å². The smallest absolute Gasteiger partial charge is 0.408 e. The molecular weight excluding hydrogens is 274 g/mol. The van der Waals surface area contributed by atoms with E-state index < -0.39 is 27.6 Å². The highest BCUT2D eigenvalue weighted by Crippen LogP contribution is 2.05. The summed E-state index contributed by atoms with van der Waals surface area (Å²) < 4.78 is 28.6. The molecular formula is C10H21N3O5S. The molecule has 0 radical (unpaired) electrons. The van der Waals surface area contributed by atoms with Crippen LogP contribution in [0.5, 0.6) is 0 Å². The number of ether oxygens (including phenoxy) is 1. The quantitative estimate of drug-likeness (QED) is 0.554. The molecule has 0 unspecified atom stereocenters. The summed E-state index contributed by atoms with van der Waals surface area (Å²) in [6.45, 7) is 5.14. The summed E-state index contributed by atoms with van der Waals surface area (Å²) in [5.74, 6) is -0.429. The molecule has 8 nitrogen and oxygen atoms in total. The minimum Gasteiger partial charge on any atom is -0.444 e. The van der Waals surface area contributed by atoms with Gasteiger partial charge in [-0.05, 0) is 20.8 Å². The zero-order valence-electron chi connectivity index (χ0n) is 11.6. The molecule has 19 heavy (non-hydrogen) atoms. The SMILES string of the molecule is CC(C)(C)OC(=O)NCC(=O)NCCNS(C)(=O)=O. The molecule has 2 amide bonds. The second-order valence-corrected chi connectivity index (χ2v) is 6.70. The summed E-state index contributed by atoms with van der Waals surface area (Å²) in [4.78, 5) is 22.5. The number of rotatable bonds is 6. The van der Waals surface area contributed by atoms with Crippen molar-refractivity contribution in [1.82, 2.24) is 15.4 Å². The molecule has 9 heteroatoms. The van der Waals surface area contributed by atoms with Crippen molar-refractivity contribution in [3.05, 3.63) is 0 Å². The number of hydrogen-bond acceptors (Lipinski definition) is 5. The van der Waals surface area contributed by atoms with Gasteiger partial charge < -0.3 is 15.4 Å². The predicted molar refractivity (Wildman–Crippen MR) is 70.1 cm³/mol. The van der Waals surface area contributed by atoms with Crippen LogP contribution in [0.4, 0.5) is 4.79 Å². The zero-order chi connectivity index (χ0) is 15.1. The molecule has 0 aromatic carbocycles. The molecule has 0 heterocycles. The van der Waals surface area contributed by atoms with Gasteiger partial charge in [-0.3, -0.25) is 4.79 Å². The Kier molecular flexibility index (Phi) is 6.77. The molecule has 0 rings (SSSR count). The first kappa shape index (κ1) is 17.6. The second kappa shape index (κ2) is 7.29. The third-order valence-corrected chi connectivity index (χ3v) is 2.33. The predicted octanol–water partition coefficient (Wildman–Crippen LogP) is -0.823.